The summed E-state index contributed by atoms with van der Waals surface area (Å²) < 4.78 is 4.96. The number of rotatable bonds is 5. The molecule has 0 aromatic heterocycles. The Morgan fingerprint density at radius 2 is 1.94 bits per heavy atom. The average molecular weight is 242 g/mol. The number of esters is 1. The topological polar surface area (TPSA) is 75.7 Å². The van der Waals surface area contributed by atoms with Crippen molar-refractivity contribution in [1.29, 1.82) is 0 Å². The van der Waals surface area contributed by atoms with Gasteiger partial charge in [-0.2, -0.15) is 0 Å². The summed E-state index contributed by atoms with van der Waals surface area (Å²) in [4.78, 5) is 35.8. The van der Waals surface area contributed by atoms with Gasteiger partial charge in [0, 0.05) is 0 Å². The van der Waals surface area contributed by atoms with Gasteiger partial charge in [0.25, 0.3) is 0 Å². The van der Waals surface area contributed by atoms with Crippen LogP contribution in [0.3, 0.4) is 0 Å². The molecule has 0 spiro atoms. The molecule has 1 saturated heterocycles. The molecule has 1 rings (SSSR count). The Kier molecular flexibility index (Phi) is 5.09. The Hall–Kier alpha value is -1.43. The van der Waals surface area contributed by atoms with Crippen LogP contribution >= 0.6 is 0 Å². The minimum absolute atomic E-state index is 0.0647. The first kappa shape index (κ1) is 13.6. The quantitative estimate of drug-likeness (QED) is 0.528. The predicted molar refractivity (Wildman–Crippen MR) is 60.1 cm³/mol. The second-order valence-corrected chi connectivity index (χ2v) is 3.93. The van der Waals surface area contributed by atoms with Gasteiger partial charge in [-0.15, -0.1) is 0 Å². The van der Waals surface area contributed by atoms with E-state index < -0.39 is 6.04 Å². The van der Waals surface area contributed by atoms with Crippen molar-refractivity contribution in [2.24, 2.45) is 0 Å². The summed E-state index contributed by atoms with van der Waals surface area (Å²) in [7, 11) is 0. The molecule has 0 aromatic rings. The highest BCUT2D eigenvalue weighted by Gasteiger charge is 2.32. The van der Waals surface area contributed by atoms with Crippen LogP contribution in [0.5, 0.6) is 0 Å². The normalized spacial score (nSPS) is 18.7. The molecule has 6 heteroatoms. The molecule has 0 aliphatic carbocycles. The number of ether oxygens (including phenoxy) is 1. The fourth-order valence-electron chi connectivity index (χ4n) is 1.84. The second kappa shape index (κ2) is 6.34. The van der Waals surface area contributed by atoms with Crippen molar-refractivity contribution in [2.75, 3.05) is 19.7 Å². The second-order valence-electron chi connectivity index (χ2n) is 3.93. The van der Waals surface area contributed by atoms with E-state index >= 15 is 0 Å². The van der Waals surface area contributed by atoms with E-state index in [1.54, 1.807) is 11.8 Å². The highest BCUT2D eigenvalue weighted by atomic mass is 16.5. The van der Waals surface area contributed by atoms with Crippen molar-refractivity contribution >= 4 is 17.8 Å². The molecule has 1 N–H and O–H groups in total. The van der Waals surface area contributed by atoms with Crippen molar-refractivity contribution in [2.45, 2.75) is 32.7 Å². The van der Waals surface area contributed by atoms with Gasteiger partial charge in [-0.25, -0.2) is 0 Å². The van der Waals surface area contributed by atoms with Gasteiger partial charge >= 0.3 is 5.97 Å². The van der Waals surface area contributed by atoms with Gasteiger partial charge in [0.15, 0.2) is 0 Å². The molecule has 96 valence electrons. The smallest absolute Gasteiger partial charge is 0.323 e. The number of hydrogen-bond donors (Lipinski definition) is 1. The summed E-state index contributed by atoms with van der Waals surface area (Å²) in [5.74, 6) is -1.10. The van der Waals surface area contributed by atoms with Gasteiger partial charge in [0.2, 0.25) is 11.8 Å². The van der Waals surface area contributed by atoms with E-state index in [4.69, 9.17) is 4.74 Å². The van der Waals surface area contributed by atoms with Gasteiger partial charge in [-0.05, 0) is 13.3 Å². The van der Waals surface area contributed by atoms with Crippen LogP contribution in [0.1, 0.15) is 26.7 Å². The highest BCUT2D eigenvalue weighted by molar-refractivity contribution is 5.99. The van der Waals surface area contributed by atoms with E-state index in [-0.39, 0.29) is 30.9 Å². The van der Waals surface area contributed by atoms with Crippen LogP contribution in [0, 0.1) is 0 Å². The number of nitrogens with one attached hydrogen (secondary N) is 1. The molecule has 0 bridgehead atoms. The third kappa shape index (κ3) is 3.81. The largest absolute Gasteiger partial charge is 0.465 e. The first-order valence-corrected chi connectivity index (χ1v) is 5.81. The van der Waals surface area contributed by atoms with Crippen molar-refractivity contribution in [3.8, 4) is 0 Å². The average Bonchev–Trinajstić information content (AvgIpc) is 2.24. The van der Waals surface area contributed by atoms with Gasteiger partial charge in [-0.1, -0.05) is 13.3 Å². The molecule has 2 amide bonds. The monoisotopic (exact) mass is 242 g/mol. The molecule has 17 heavy (non-hydrogen) atoms. The molecule has 0 radical (unpaired) electrons. The number of nitrogens with zero attached hydrogens (tertiary/aromatic N) is 1. The maximum Gasteiger partial charge on any atom is 0.323 e. The molecule has 0 saturated carbocycles. The molecule has 1 unspecified atom stereocenters. The van der Waals surface area contributed by atoms with Gasteiger partial charge in [-0.3, -0.25) is 24.6 Å². The van der Waals surface area contributed by atoms with E-state index in [1.165, 1.54) is 0 Å². The maximum absolute atomic E-state index is 11.7. The first-order valence-electron chi connectivity index (χ1n) is 5.81. The summed E-state index contributed by atoms with van der Waals surface area (Å²) in [6.45, 7) is 4.10. The van der Waals surface area contributed by atoms with Crippen molar-refractivity contribution in [3.05, 3.63) is 0 Å². The summed E-state index contributed by atoms with van der Waals surface area (Å²) in [6, 6.07) is -0.505. The third-order valence-corrected chi connectivity index (χ3v) is 2.53. The minimum atomic E-state index is -0.505. The van der Waals surface area contributed by atoms with Crippen molar-refractivity contribution in [3.63, 3.8) is 0 Å². The first-order chi connectivity index (χ1) is 8.08. The summed E-state index contributed by atoms with van der Waals surface area (Å²) in [5.41, 5.74) is 0. The molecular formula is C11H18N2O4. The summed E-state index contributed by atoms with van der Waals surface area (Å²) >= 11 is 0. The zero-order valence-electron chi connectivity index (χ0n) is 10.2. The molecule has 6 nitrogen and oxygen atoms in total. The predicted octanol–water partition coefficient (Wildman–Crippen LogP) is -0.323. The van der Waals surface area contributed by atoms with Crippen LogP contribution < -0.4 is 5.32 Å². The Morgan fingerprint density at radius 3 is 2.41 bits per heavy atom. The van der Waals surface area contributed by atoms with Crippen LogP contribution in [0.15, 0.2) is 0 Å². The lowest BCUT2D eigenvalue weighted by Gasteiger charge is -2.31. The molecule has 1 aliphatic rings. The van der Waals surface area contributed by atoms with Gasteiger partial charge < -0.3 is 4.74 Å². The van der Waals surface area contributed by atoms with Crippen LogP contribution in [-0.2, 0) is 19.1 Å². The zero-order chi connectivity index (χ0) is 12.8. The summed E-state index contributed by atoms with van der Waals surface area (Å²) in [6.07, 6.45) is 1.37. The lowest BCUT2D eigenvalue weighted by atomic mass is 10.1. The molecule has 1 fully saturated rings. The van der Waals surface area contributed by atoms with Crippen LogP contribution in [-0.4, -0.2) is 48.4 Å². The minimum Gasteiger partial charge on any atom is -0.465 e. The molecule has 1 heterocycles. The number of carbonyl (C=O) groups excluding carboxylic acids is 3. The SMILES string of the molecule is CCCC(C(=O)OCC)N1CC(=O)NC(=O)C1. The molecule has 1 atom stereocenters. The molecular weight excluding hydrogens is 224 g/mol. The van der Waals surface area contributed by atoms with E-state index in [0.29, 0.717) is 13.0 Å². The van der Waals surface area contributed by atoms with Crippen molar-refractivity contribution < 1.29 is 19.1 Å². The molecule has 1 aliphatic heterocycles. The Balaban J connectivity index is 2.71. The standard InChI is InChI=1S/C11H18N2O4/c1-3-5-8(11(16)17-4-2)13-6-9(14)12-10(15)7-13/h8H,3-7H2,1-2H3,(H,12,14,15). The van der Waals surface area contributed by atoms with Crippen LogP contribution in [0.2, 0.25) is 0 Å². The number of piperazine rings is 1. The fraction of sp³-hybridized carbons (Fsp3) is 0.727. The Bertz CT molecular complexity index is 301. The maximum atomic E-state index is 11.7. The summed E-state index contributed by atoms with van der Waals surface area (Å²) in [5, 5.41) is 2.21. The van der Waals surface area contributed by atoms with E-state index in [0.717, 1.165) is 6.42 Å². The van der Waals surface area contributed by atoms with E-state index in [1.807, 2.05) is 6.92 Å². The van der Waals surface area contributed by atoms with Gasteiger partial charge in [0.1, 0.15) is 6.04 Å². The number of amides is 2. The lowest BCUT2D eigenvalue weighted by Crippen LogP contribution is -2.56. The van der Waals surface area contributed by atoms with Crippen molar-refractivity contribution in [1.82, 2.24) is 10.2 Å². The fourth-order valence-corrected chi connectivity index (χ4v) is 1.84. The molecule has 0 aromatic carbocycles. The number of imide groups is 1. The third-order valence-electron chi connectivity index (χ3n) is 2.53. The number of carbonyl (C=O) groups is 3. The van der Waals surface area contributed by atoms with E-state index in [2.05, 4.69) is 5.32 Å². The van der Waals surface area contributed by atoms with Gasteiger partial charge in [0.05, 0.1) is 19.7 Å². The highest BCUT2D eigenvalue weighted by Crippen LogP contribution is 2.11. The Labute approximate surface area is 100 Å². The lowest BCUT2D eigenvalue weighted by molar-refractivity contribution is -0.152. The van der Waals surface area contributed by atoms with Crippen LogP contribution in [0.4, 0.5) is 0 Å². The number of hydrogen-bond acceptors (Lipinski definition) is 5. The van der Waals surface area contributed by atoms with Crippen LogP contribution in [0.25, 0.3) is 0 Å². The van der Waals surface area contributed by atoms with E-state index in [9.17, 15) is 14.4 Å². The Morgan fingerprint density at radius 1 is 1.35 bits per heavy atom. The zero-order valence-corrected chi connectivity index (χ0v) is 10.2.